The molecule has 0 aliphatic carbocycles. The third-order valence-corrected chi connectivity index (χ3v) is 4.20. The highest BCUT2D eigenvalue weighted by molar-refractivity contribution is 5.73. The molecule has 0 saturated carbocycles. The highest BCUT2D eigenvalue weighted by Gasteiger charge is 2.26. The van der Waals surface area contributed by atoms with E-state index in [-0.39, 0.29) is 5.91 Å². The number of aryl methyl sites for hydroxylation is 1. The van der Waals surface area contributed by atoms with E-state index in [2.05, 4.69) is 11.6 Å². The lowest BCUT2D eigenvalue weighted by atomic mass is 10.0. The summed E-state index contributed by atoms with van der Waals surface area (Å²) in [6.07, 6.45) is 2.93. The van der Waals surface area contributed by atoms with Gasteiger partial charge >= 0.3 is 0 Å². The van der Waals surface area contributed by atoms with Crippen LogP contribution in [0.15, 0.2) is 0 Å². The maximum Gasteiger partial charge on any atom is 0.219 e. The lowest BCUT2D eigenvalue weighted by Gasteiger charge is -2.28. The zero-order valence-electron chi connectivity index (χ0n) is 13.0. The monoisotopic (exact) mass is 279 g/mol. The van der Waals surface area contributed by atoms with Gasteiger partial charge in [-0.25, -0.2) is 0 Å². The quantitative estimate of drug-likeness (QED) is 0.829. The molecule has 1 aliphatic heterocycles. The summed E-state index contributed by atoms with van der Waals surface area (Å²) in [5.74, 6) is 0.147. The van der Waals surface area contributed by atoms with E-state index >= 15 is 0 Å². The molecule has 20 heavy (non-hydrogen) atoms. The van der Waals surface area contributed by atoms with Crippen LogP contribution in [0.1, 0.15) is 49.7 Å². The van der Waals surface area contributed by atoms with Crippen LogP contribution in [-0.4, -0.2) is 40.8 Å². The second kappa shape index (κ2) is 6.39. The van der Waals surface area contributed by atoms with Crippen LogP contribution in [0, 0.1) is 6.92 Å². The molecule has 0 bridgehead atoms. The van der Waals surface area contributed by atoms with Crippen LogP contribution in [0.5, 0.6) is 0 Å². The second-order valence-electron chi connectivity index (χ2n) is 5.49. The molecule has 0 spiro atoms. The van der Waals surface area contributed by atoms with E-state index in [9.17, 15) is 4.79 Å². The van der Waals surface area contributed by atoms with Crippen molar-refractivity contribution in [1.29, 1.82) is 0 Å². The summed E-state index contributed by atoms with van der Waals surface area (Å²) in [4.78, 5) is 13.4. The number of amides is 1. The van der Waals surface area contributed by atoms with Crippen LogP contribution in [-0.2, 0) is 22.5 Å². The van der Waals surface area contributed by atoms with E-state index in [0.717, 1.165) is 38.1 Å². The van der Waals surface area contributed by atoms with E-state index in [1.165, 1.54) is 11.3 Å². The minimum atomic E-state index is 0.147. The van der Waals surface area contributed by atoms with Crippen LogP contribution in [0.25, 0.3) is 0 Å². The topological polar surface area (TPSA) is 47.4 Å². The molecule has 0 aromatic carbocycles. The van der Waals surface area contributed by atoms with E-state index in [4.69, 9.17) is 9.84 Å². The number of hydrogen-bond acceptors (Lipinski definition) is 3. The fourth-order valence-electron chi connectivity index (χ4n) is 2.94. The summed E-state index contributed by atoms with van der Waals surface area (Å²) in [5, 5.41) is 4.73. The summed E-state index contributed by atoms with van der Waals surface area (Å²) >= 11 is 0. The third kappa shape index (κ3) is 2.87. The molecule has 1 atom stereocenters. The number of nitrogens with zero attached hydrogens (tertiary/aromatic N) is 3. The Kier molecular flexibility index (Phi) is 4.81. The largest absolute Gasteiger partial charge is 0.385 e. The van der Waals surface area contributed by atoms with Gasteiger partial charge in [0.15, 0.2) is 0 Å². The zero-order valence-corrected chi connectivity index (χ0v) is 13.0. The van der Waals surface area contributed by atoms with Gasteiger partial charge in [-0.05, 0) is 19.8 Å². The molecule has 1 amide bonds. The fourth-order valence-corrected chi connectivity index (χ4v) is 2.94. The number of aromatic nitrogens is 2. The Labute approximate surface area is 120 Å². The van der Waals surface area contributed by atoms with Gasteiger partial charge in [0, 0.05) is 51.4 Å². The van der Waals surface area contributed by atoms with Crippen molar-refractivity contribution in [1.82, 2.24) is 14.7 Å². The summed E-state index contributed by atoms with van der Waals surface area (Å²) < 4.78 is 7.38. The van der Waals surface area contributed by atoms with Gasteiger partial charge in [0.2, 0.25) is 5.91 Å². The molecule has 0 radical (unpaired) electrons. The Morgan fingerprint density at radius 2 is 2.25 bits per heavy atom. The van der Waals surface area contributed by atoms with E-state index in [0.29, 0.717) is 12.6 Å². The first-order chi connectivity index (χ1) is 9.58. The fraction of sp³-hybridized carbons (Fsp3) is 0.733. The average molecular weight is 279 g/mol. The number of fused-ring (bicyclic) bond motifs is 1. The smallest absolute Gasteiger partial charge is 0.219 e. The Hall–Kier alpha value is -1.36. The molecular formula is C15H25N3O2. The molecule has 112 valence electrons. The van der Waals surface area contributed by atoms with Crippen LogP contribution < -0.4 is 0 Å². The van der Waals surface area contributed by atoms with Crippen LogP contribution in [0.3, 0.4) is 0 Å². The average Bonchev–Trinajstić information content (AvgIpc) is 2.77. The van der Waals surface area contributed by atoms with Gasteiger partial charge in [0.05, 0.1) is 11.7 Å². The molecular weight excluding hydrogens is 254 g/mol. The highest BCUT2D eigenvalue weighted by atomic mass is 16.5. The van der Waals surface area contributed by atoms with E-state index in [1.54, 1.807) is 14.0 Å². The van der Waals surface area contributed by atoms with Crippen molar-refractivity contribution in [2.24, 2.45) is 0 Å². The molecule has 1 aromatic heterocycles. The second-order valence-corrected chi connectivity index (χ2v) is 5.49. The third-order valence-electron chi connectivity index (χ3n) is 4.20. The van der Waals surface area contributed by atoms with Crippen molar-refractivity contribution in [3.05, 3.63) is 17.0 Å². The number of ether oxygens (including phenoxy) is 1. The molecule has 0 N–H and O–H groups in total. The lowest BCUT2D eigenvalue weighted by Crippen LogP contribution is -2.35. The number of hydrogen-bond donors (Lipinski definition) is 0. The first-order valence-electron chi connectivity index (χ1n) is 7.39. The normalized spacial score (nSPS) is 16.1. The minimum Gasteiger partial charge on any atom is -0.385 e. The van der Waals surface area contributed by atoms with Crippen LogP contribution >= 0.6 is 0 Å². The summed E-state index contributed by atoms with van der Waals surface area (Å²) in [7, 11) is 1.74. The summed E-state index contributed by atoms with van der Waals surface area (Å²) in [6, 6.07) is 0.390. The predicted octanol–water partition coefficient (Wildman–Crippen LogP) is 2.08. The van der Waals surface area contributed by atoms with Gasteiger partial charge in [-0.3, -0.25) is 9.48 Å². The molecule has 2 heterocycles. The molecule has 0 fully saturated rings. The molecule has 2 rings (SSSR count). The van der Waals surface area contributed by atoms with Gasteiger partial charge < -0.3 is 9.64 Å². The van der Waals surface area contributed by atoms with Gasteiger partial charge in [-0.2, -0.15) is 5.10 Å². The molecule has 1 unspecified atom stereocenters. The molecule has 5 heteroatoms. The van der Waals surface area contributed by atoms with Crippen molar-refractivity contribution >= 4 is 5.91 Å². The Morgan fingerprint density at radius 1 is 1.50 bits per heavy atom. The summed E-state index contributed by atoms with van der Waals surface area (Å²) in [5.41, 5.74) is 3.60. The van der Waals surface area contributed by atoms with Crippen molar-refractivity contribution in [2.75, 3.05) is 20.3 Å². The van der Waals surface area contributed by atoms with Gasteiger partial charge in [0.25, 0.3) is 0 Å². The van der Waals surface area contributed by atoms with Crippen molar-refractivity contribution in [3.8, 4) is 0 Å². The van der Waals surface area contributed by atoms with Crippen molar-refractivity contribution in [2.45, 2.75) is 52.6 Å². The molecule has 0 saturated heterocycles. The maximum absolute atomic E-state index is 11.5. The Morgan fingerprint density at radius 3 is 2.85 bits per heavy atom. The first kappa shape index (κ1) is 15.0. The predicted molar refractivity (Wildman–Crippen MR) is 77.6 cm³/mol. The maximum atomic E-state index is 11.5. The standard InChI is InChI=1S/C15H25N3O2/c1-5-13(7-9-20-4)18-15-6-8-17(12(3)19)10-14(15)11(2)16-18/h13H,5-10H2,1-4H3. The molecule has 5 nitrogen and oxygen atoms in total. The molecule has 1 aromatic rings. The van der Waals surface area contributed by atoms with Crippen molar-refractivity contribution in [3.63, 3.8) is 0 Å². The lowest BCUT2D eigenvalue weighted by molar-refractivity contribution is -0.129. The molecule has 1 aliphatic rings. The number of carbonyl (C=O) groups excluding carboxylic acids is 1. The number of rotatable bonds is 5. The number of carbonyl (C=O) groups is 1. The Balaban J connectivity index is 2.25. The van der Waals surface area contributed by atoms with Crippen LogP contribution in [0.2, 0.25) is 0 Å². The zero-order chi connectivity index (χ0) is 14.7. The van der Waals surface area contributed by atoms with E-state index < -0.39 is 0 Å². The minimum absolute atomic E-state index is 0.147. The highest BCUT2D eigenvalue weighted by Crippen LogP contribution is 2.27. The SMILES string of the molecule is CCC(CCOC)n1nc(C)c2c1CCN(C(C)=O)C2. The summed E-state index contributed by atoms with van der Waals surface area (Å²) in [6.45, 7) is 8.13. The van der Waals surface area contributed by atoms with Crippen molar-refractivity contribution < 1.29 is 9.53 Å². The number of methoxy groups -OCH3 is 1. The van der Waals surface area contributed by atoms with E-state index in [1.807, 2.05) is 11.8 Å². The Bertz CT molecular complexity index is 482. The van der Waals surface area contributed by atoms with Gasteiger partial charge in [-0.1, -0.05) is 6.92 Å². The van der Waals surface area contributed by atoms with Crippen LogP contribution in [0.4, 0.5) is 0 Å². The first-order valence-corrected chi connectivity index (χ1v) is 7.39. The van der Waals surface area contributed by atoms with Gasteiger partial charge in [0.1, 0.15) is 0 Å². The van der Waals surface area contributed by atoms with Gasteiger partial charge in [-0.15, -0.1) is 0 Å².